The summed E-state index contributed by atoms with van der Waals surface area (Å²) in [5, 5.41) is 0. The van der Waals surface area contributed by atoms with Crippen molar-refractivity contribution in [3.63, 3.8) is 0 Å². The van der Waals surface area contributed by atoms with E-state index in [-0.39, 0.29) is 11.5 Å². The Kier molecular flexibility index (Phi) is 7.44. The Balaban J connectivity index is 3.42. The van der Waals surface area contributed by atoms with Crippen molar-refractivity contribution in [3.8, 4) is 0 Å². The summed E-state index contributed by atoms with van der Waals surface area (Å²) in [6, 6.07) is 5.36. The summed E-state index contributed by atoms with van der Waals surface area (Å²) in [7, 11) is 0.784. The summed E-state index contributed by atoms with van der Waals surface area (Å²) >= 11 is 0. The lowest BCUT2D eigenvalue weighted by molar-refractivity contribution is -0.424. The first kappa shape index (κ1) is 27.4. The van der Waals surface area contributed by atoms with Crippen molar-refractivity contribution in [1.29, 1.82) is 0 Å². The molecule has 0 saturated carbocycles. The minimum atomic E-state index is -7.43. The maximum atomic E-state index is 14.3. The fraction of sp³-hybridized carbons (Fsp3) is 0.684. The average molecular weight is 474 g/mol. The van der Waals surface area contributed by atoms with E-state index in [0.717, 1.165) is 20.1 Å². The zero-order valence-corrected chi connectivity index (χ0v) is 16.9. The summed E-state index contributed by atoms with van der Waals surface area (Å²) in [5.74, 6) is -27.8. The van der Waals surface area contributed by atoms with Gasteiger partial charge in [-0.1, -0.05) is 38.1 Å². The Morgan fingerprint density at radius 1 is 0.806 bits per heavy atom. The first-order chi connectivity index (χ1) is 13.7. The van der Waals surface area contributed by atoms with E-state index in [2.05, 4.69) is 0 Å². The second kappa shape index (κ2) is 8.40. The molecule has 1 aromatic rings. The molecule has 0 radical (unpaired) electrons. The van der Waals surface area contributed by atoms with Gasteiger partial charge in [0.15, 0.2) is 0 Å². The maximum absolute atomic E-state index is 14.3. The van der Waals surface area contributed by atoms with Crippen LogP contribution in [0, 0.1) is 5.92 Å². The lowest BCUT2D eigenvalue weighted by Gasteiger charge is -2.40. The number of halogens is 11. The van der Waals surface area contributed by atoms with Crippen molar-refractivity contribution < 1.29 is 53.0 Å². The molecule has 1 atom stereocenters. The van der Waals surface area contributed by atoms with Crippen LogP contribution in [0.1, 0.15) is 38.3 Å². The van der Waals surface area contributed by atoms with Crippen LogP contribution in [0.4, 0.5) is 48.3 Å². The number of alkyl halides is 11. The van der Waals surface area contributed by atoms with Gasteiger partial charge in [-0.2, -0.15) is 48.3 Å². The normalized spacial score (nSPS) is 16.5. The number of methoxy groups -OCH3 is 1. The molecule has 0 spiro atoms. The molecule has 0 amide bonds. The standard InChI is InChI=1S/C19H21F11O/c1-11(2)8-12-6-5-7-13(9-12)14(3,31-4)10-15(20,21)16(22,23)17(24,25)18(26,27)19(28,29)30/h5-7,9,11H,8,10H2,1-4H3. The first-order valence-corrected chi connectivity index (χ1v) is 8.89. The minimum Gasteiger partial charge on any atom is -0.374 e. The summed E-state index contributed by atoms with van der Waals surface area (Å²) in [4.78, 5) is 0. The highest BCUT2D eigenvalue weighted by Gasteiger charge is 2.87. The van der Waals surface area contributed by atoms with Crippen LogP contribution >= 0.6 is 0 Å². The lowest BCUT2D eigenvalue weighted by Crippen LogP contribution is -2.67. The Morgan fingerprint density at radius 2 is 1.32 bits per heavy atom. The van der Waals surface area contributed by atoms with Crippen molar-refractivity contribution in [2.24, 2.45) is 5.92 Å². The number of hydrogen-bond acceptors (Lipinski definition) is 1. The van der Waals surface area contributed by atoms with Gasteiger partial charge < -0.3 is 4.74 Å². The average Bonchev–Trinajstić information content (AvgIpc) is 2.59. The highest BCUT2D eigenvalue weighted by Crippen LogP contribution is 2.59. The van der Waals surface area contributed by atoms with Crippen molar-refractivity contribution >= 4 is 0 Å². The minimum absolute atomic E-state index is 0.0955. The van der Waals surface area contributed by atoms with Gasteiger partial charge in [-0.3, -0.25) is 0 Å². The van der Waals surface area contributed by atoms with Crippen LogP contribution in [-0.4, -0.2) is 37.0 Å². The molecule has 0 aliphatic carbocycles. The van der Waals surface area contributed by atoms with E-state index in [9.17, 15) is 48.3 Å². The summed E-state index contributed by atoms with van der Waals surface area (Å²) in [6.45, 7) is 4.45. The molecule has 0 bridgehead atoms. The molecule has 1 rings (SSSR count). The zero-order chi connectivity index (χ0) is 24.7. The fourth-order valence-electron chi connectivity index (χ4n) is 2.93. The van der Waals surface area contributed by atoms with Crippen LogP contribution in [0.15, 0.2) is 24.3 Å². The van der Waals surface area contributed by atoms with E-state index in [4.69, 9.17) is 4.74 Å². The van der Waals surface area contributed by atoms with E-state index in [0.29, 0.717) is 12.0 Å². The second-order valence-corrected chi connectivity index (χ2v) is 7.84. The molecule has 0 aromatic heterocycles. The molecule has 0 saturated heterocycles. The molecule has 0 fully saturated rings. The van der Waals surface area contributed by atoms with Gasteiger partial charge in [-0.05, 0) is 30.4 Å². The smallest absolute Gasteiger partial charge is 0.374 e. The molecular formula is C19H21F11O. The molecule has 1 unspecified atom stereocenters. The first-order valence-electron chi connectivity index (χ1n) is 8.89. The van der Waals surface area contributed by atoms with E-state index in [1.165, 1.54) is 12.1 Å². The van der Waals surface area contributed by atoms with Crippen molar-refractivity contribution in [3.05, 3.63) is 35.4 Å². The molecule has 180 valence electrons. The Morgan fingerprint density at radius 3 is 1.74 bits per heavy atom. The summed E-state index contributed by atoms with van der Waals surface area (Å²) in [6.07, 6.45) is -9.06. The van der Waals surface area contributed by atoms with Gasteiger partial charge in [0.1, 0.15) is 0 Å². The van der Waals surface area contributed by atoms with E-state index in [1.807, 2.05) is 13.8 Å². The maximum Gasteiger partial charge on any atom is 0.460 e. The SMILES string of the molecule is COC(C)(CC(F)(F)C(F)(F)C(F)(F)C(F)(F)C(F)(F)F)c1cccc(CC(C)C)c1. The van der Waals surface area contributed by atoms with Gasteiger partial charge in [0.2, 0.25) is 0 Å². The fourth-order valence-corrected chi connectivity index (χ4v) is 2.93. The van der Waals surface area contributed by atoms with Gasteiger partial charge in [-0.25, -0.2) is 0 Å². The number of rotatable bonds is 9. The van der Waals surface area contributed by atoms with E-state index in [1.54, 1.807) is 6.07 Å². The third kappa shape index (κ3) is 4.93. The van der Waals surface area contributed by atoms with Crippen LogP contribution in [0.25, 0.3) is 0 Å². The molecule has 0 heterocycles. The van der Waals surface area contributed by atoms with E-state index < -0.39 is 41.9 Å². The third-order valence-electron chi connectivity index (χ3n) is 4.80. The number of benzene rings is 1. The predicted octanol–water partition coefficient (Wildman–Crippen LogP) is 7.24. The third-order valence-corrected chi connectivity index (χ3v) is 4.80. The predicted molar refractivity (Wildman–Crippen MR) is 89.8 cm³/mol. The van der Waals surface area contributed by atoms with Crippen molar-refractivity contribution in [1.82, 2.24) is 0 Å². The van der Waals surface area contributed by atoms with Gasteiger partial charge in [-0.15, -0.1) is 0 Å². The zero-order valence-electron chi connectivity index (χ0n) is 16.9. The van der Waals surface area contributed by atoms with Gasteiger partial charge >= 0.3 is 29.9 Å². The summed E-state index contributed by atoms with van der Waals surface area (Å²) < 4.78 is 151. The highest BCUT2D eigenvalue weighted by atomic mass is 19.4. The molecule has 0 aliphatic rings. The highest BCUT2D eigenvalue weighted by molar-refractivity contribution is 5.29. The molecule has 1 nitrogen and oxygen atoms in total. The second-order valence-electron chi connectivity index (χ2n) is 7.84. The van der Waals surface area contributed by atoms with Gasteiger partial charge in [0.25, 0.3) is 0 Å². The topological polar surface area (TPSA) is 9.23 Å². The van der Waals surface area contributed by atoms with Crippen LogP contribution in [0.5, 0.6) is 0 Å². The molecular weight excluding hydrogens is 453 g/mol. The molecule has 31 heavy (non-hydrogen) atoms. The van der Waals surface area contributed by atoms with E-state index >= 15 is 0 Å². The monoisotopic (exact) mass is 474 g/mol. The Labute approximate surface area is 171 Å². The Bertz CT molecular complexity index is 755. The quantitative estimate of drug-likeness (QED) is 0.343. The number of ether oxygens (including phenoxy) is 1. The van der Waals surface area contributed by atoms with Crippen molar-refractivity contribution in [2.45, 2.75) is 69.1 Å². The largest absolute Gasteiger partial charge is 0.460 e. The molecule has 0 aliphatic heterocycles. The van der Waals surface area contributed by atoms with Crippen molar-refractivity contribution in [2.75, 3.05) is 7.11 Å². The Hall–Kier alpha value is -1.59. The summed E-state index contributed by atoms with van der Waals surface area (Å²) in [5.41, 5.74) is -2.03. The number of hydrogen-bond donors (Lipinski definition) is 0. The van der Waals surface area contributed by atoms with Crippen LogP contribution in [0.3, 0.4) is 0 Å². The van der Waals surface area contributed by atoms with Gasteiger partial charge in [0.05, 0.1) is 12.0 Å². The molecule has 12 heteroatoms. The van der Waals surface area contributed by atoms with Crippen LogP contribution < -0.4 is 0 Å². The van der Waals surface area contributed by atoms with Crippen LogP contribution in [0.2, 0.25) is 0 Å². The van der Waals surface area contributed by atoms with Crippen LogP contribution in [-0.2, 0) is 16.8 Å². The van der Waals surface area contributed by atoms with Gasteiger partial charge in [0, 0.05) is 7.11 Å². The molecule has 0 N–H and O–H groups in total. The molecule has 1 aromatic carbocycles. The lowest BCUT2D eigenvalue weighted by atomic mass is 9.84.